The maximum atomic E-state index is 16.5. The molecule has 0 aromatic rings. The van der Waals surface area contributed by atoms with Gasteiger partial charge in [0.05, 0.1) is 0 Å². The molecule has 98 valence electrons. The Hall–Kier alpha value is 0.200. The van der Waals surface area contributed by atoms with Crippen LogP contribution in [0.15, 0.2) is 0 Å². The Morgan fingerprint density at radius 2 is 0.824 bits per heavy atom. The van der Waals surface area contributed by atoms with Crippen molar-refractivity contribution in [2.24, 2.45) is 0 Å². The van der Waals surface area contributed by atoms with Crippen LogP contribution in [-0.4, -0.2) is 71.0 Å². The first-order valence-electron chi connectivity index (χ1n) is 7.00. The summed E-state index contributed by atoms with van der Waals surface area (Å²) < 4.78 is 25.5. The van der Waals surface area contributed by atoms with E-state index in [1.165, 1.54) is 0 Å². The van der Waals surface area contributed by atoms with Gasteiger partial charge in [0.2, 0.25) is 0 Å². The van der Waals surface area contributed by atoms with Crippen molar-refractivity contribution in [2.75, 3.05) is 52.4 Å². The van der Waals surface area contributed by atoms with Gasteiger partial charge < -0.3 is 0 Å². The molecule has 4 nitrogen and oxygen atoms in total. The normalized spacial score (nSPS) is 40.2. The second-order valence-electron chi connectivity index (χ2n) is 5.71. The van der Waals surface area contributed by atoms with E-state index in [4.69, 9.17) is 0 Å². The number of hydrogen-bond acceptors (Lipinski definition) is 4. The minimum atomic E-state index is -3.47. The quantitative estimate of drug-likeness (QED) is 0.612. The van der Waals surface area contributed by atoms with Crippen LogP contribution >= 0.6 is 7.52 Å². The van der Waals surface area contributed by atoms with E-state index in [0.717, 1.165) is 71.6 Å². The third-order valence-corrected chi connectivity index (χ3v) is 10.6. The van der Waals surface area contributed by atoms with E-state index in [1.807, 2.05) is 0 Å². The van der Waals surface area contributed by atoms with Gasteiger partial charge in [-0.15, -0.1) is 0 Å². The molecule has 17 heavy (non-hydrogen) atoms. The molecule has 0 atom stereocenters. The Balaban J connectivity index is 1.88. The molecule has 0 N–H and O–H groups in total. The van der Waals surface area contributed by atoms with Gasteiger partial charge in [0.1, 0.15) is 0 Å². The second kappa shape index (κ2) is 3.40. The summed E-state index contributed by atoms with van der Waals surface area (Å²) >= 11 is 0. The van der Waals surface area contributed by atoms with Crippen molar-refractivity contribution in [1.29, 1.82) is 0 Å². The van der Waals surface area contributed by atoms with E-state index in [-0.39, 0.29) is 0 Å². The van der Waals surface area contributed by atoms with Gasteiger partial charge >= 0.3 is 102 Å². The fourth-order valence-corrected chi connectivity index (χ4v) is 10.4. The van der Waals surface area contributed by atoms with Crippen LogP contribution < -0.4 is 0 Å². The number of halogens is 1. The molecule has 1 spiro atoms. The van der Waals surface area contributed by atoms with Crippen LogP contribution in [0.1, 0.15) is 19.3 Å². The molecule has 0 aromatic heterocycles. The second-order valence-corrected chi connectivity index (χ2v) is 9.66. The predicted molar refractivity (Wildman–Crippen MR) is 68.2 cm³/mol. The molecule has 0 radical (unpaired) electrons. The molecule has 4 saturated heterocycles. The van der Waals surface area contributed by atoms with Gasteiger partial charge in [0.15, 0.2) is 0 Å². The third kappa shape index (κ3) is 1.07. The Kier molecular flexibility index (Phi) is 2.21. The van der Waals surface area contributed by atoms with Crippen LogP contribution in [0, 0.1) is 0 Å². The average molecular weight is 260 g/mol. The van der Waals surface area contributed by atoms with E-state index < -0.39 is 7.52 Å². The molecule has 0 saturated carbocycles. The van der Waals surface area contributed by atoms with Crippen LogP contribution in [0.25, 0.3) is 0 Å². The van der Waals surface area contributed by atoms with Gasteiger partial charge in [-0.2, -0.15) is 0 Å². The molecule has 0 unspecified atom stereocenters. The number of rotatable bonds is 0. The summed E-state index contributed by atoms with van der Waals surface area (Å²) in [5.74, 6) is 0. The Labute approximate surface area is 103 Å². The molecule has 4 aliphatic rings. The fourth-order valence-electron chi connectivity index (χ4n) is 4.43. The topological polar surface area (TPSA) is 13.0 Å². The van der Waals surface area contributed by atoms with Crippen molar-refractivity contribution >= 4 is 7.52 Å². The van der Waals surface area contributed by atoms with Crippen LogP contribution in [0.5, 0.6) is 0 Å². The molecular weight excluding hydrogens is 238 g/mol. The Bertz CT molecular complexity index is 318. The van der Waals surface area contributed by atoms with Crippen LogP contribution in [0.3, 0.4) is 0 Å². The molecule has 4 aliphatic heterocycles. The molecular formula is C11H22FN4P. The van der Waals surface area contributed by atoms with E-state index in [1.54, 1.807) is 0 Å². The van der Waals surface area contributed by atoms with Gasteiger partial charge in [-0.25, -0.2) is 0 Å². The van der Waals surface area contributed by atoms with Crippen molar-refractivity contribution in [2.45, 2.75) is 19.3 Å². The van der Waals surface area contributed by atoms with Crippen molar-refractivity contribution in [3.8, 4) is 0 Å². The van der Waals surface area contributed by atoms with Gasteiger partial charge in [-0.3, -0.25) is 0 Å². The van der Waals surface area contributed by atoms with Crippen molar-refractivity contribution in [3.05, 3.63) is 0 Å². The first kappa shape index (κ1) is 11.1. The summed E-state index contributed by atoms with van der Waals surface area (Å²) in [6.45, 7) is 7.71. The Morgan fingerprint density at radius 1 is 0.529 bits per heavy atom. The minimum absolute atomic E-state index is 0.946. The van der Waals surface area contributed by atoms with Crippen molar-refractivity contribution in [1.82, 2.24) is 18.7 Å². The predicted octanol–water partition coefficient (Wildman–Crippen LogP) is 1.52. The molecule has 0 amide bonds. The van der Waals surface area contributed by atoms with E-state index in [9.17, 15) is 0 Å². The van der Waals surface area contributed by atoms with Gasteiger partial charge in [-0.05, 0) is 0 Å². The summed E-state index contributed by atoms with van der Waals surface area (Å²) in [5.41, 5.74) is 0. The van der Waals surface area contributed by atoms with Crippen molar-refractivity contribution in [3.63, 3.8) is 0 Å². The first-order valence-corrected chi connectivity index (χ1v) is 8.94. The molecule has 4 heterocycles. The van der Waals surface area contributed by atoms with Gasteiger partial charge in [0.25, 0.3) is 0 Å². The summed E-state index contributed by atoms with van der Waals surface area (Å²) in [4.78, 5) is 0. The average Bonchev–Trinajstić information content (AvgIpc) is 2.66. The number of hydrogen-bond donors (Lipinski definition) is 0. The molecule has 6 heteroatoms. The van der Waals surface area contributed by atoms with Gasteiger partial charge in [0, 0.05) is 0 Å². The van der Waals surface area contributed by atoms with E-state index in [2.05, 4.69) is 18.7 Å². The molecule has 4 rings (SSSR count). The van der Waals surface area contributed by atoms with Crippen LogP contribution in [0.2, 0.25) is 0 Å². The van der Waals surface area contributed by atoms with Crippen molar-refractivity contribution < 1.29 is 4.20 Å². The summed E-state index contributed by atoms with van der Waals surface area (Å²) in [5, 5.41) is 0. The zero-order valence-corrected chi connectivity index (χ0v) is 11.3. The SMILES string of the molecule is FP123N4CCCN1CCCN2CCN3CCC4. The molecule has 0 bridgehead atoms. The van der Waals surface area contributed by atoms with Crippen LogP contribution in [-0.2, 0) is 0 Å². The molecule has 0 aromatic carbocycles. The van der Waals surface area contributed by atoms with Gasteiger partial charge in [-0.1, -0.05) is 0 Å². The first-order chi connectivity index (χ1) is 8.25. The zero-order chi connectivity index (χ0) is 11.5. The maximum absolute atomic E-state index is 16.5. The van der Waals surface area contributed by atoms with E-state index in [0.29, 0.717) is 0 Å². The third-order valence-electron chi connectivity index (χ3n) is 5.06. The molecule has 0 aliphatic carbocycles. The summed E-state index contributed by atoms with van der Waals surface area (Å²) in [7, 11) is -3.47. The molecule has 4 fully saturated rings. The standard InChI is InChI=1S/C11H22FN4P/c12-17-13-4-1-5-14(17)7-3-9-16(17)11-10-15(17)8-2-6-13/h1-11H2. The Morgan fingerprint density at radius 3 is 1.18 bits per heavy atom. The number of nitrogens with zero attached hydrogens (tertiary/aromatic N) is 4. The monoisotopic (exact) mass is 260 g/mol. The summed E-state index contributed by atoms with van der Waals surface area (Å²) in [6, 6.07) is 0. The van der Waals surface area contributed by atoms with Crippen LogP contribution in [0.4, 0.5) is 4.20 Å². The fraction of sp³-hybridized carbons (Fsp3) is 1.00. The van der Waals surface area contributed by atoms with E-state index >= 15 is 4.20 Å². The summed E-state index contributed by atoms with van der Waals surface area (Å²) in [6.07, 6.45) is 3.43. The zero-order valence-electron chi connectivity index (χ0n) is 10.4.